The first-order valence-corrected chi connectivity index (χ1v) is 6.95. The van der Waals surface area contributed by atoms with Crippen molar-refractivity contribution in [2.24, 2.45) is 0 Å². The van der Waals surface area contributed by atoms with Crippen LogP contribution in [0.5, 0.6) is 0 Å². The molecule has 1 amide bonds. The lowest BCUT2D eigenvalue weighted by molar-refractivity contribution is -0.146. The van der Waals surface area contributed by atoms with E-state index in [0.717, 1.165) is 12.1 Å². The predicted octanol–water partition coefficient (Wildman–Crippen LogP) is 1.07. The Hall–Kier alpha value is -1.14. The number of rotatable bonds is 6. The number of nitrogens with zero attached hydrogens (tertiary/aromatic N) is 1. The van der Waals surface area contributed by atoms with Crippen molar-refractivity contribution >= 4 is 18.3 Å². The van der Waals surface area contributed by atoms with Crippen LogP contribution in [0, 0.1) is 0 Å². The molecule has 0 aliphatic carbocycles. The summed E-state index contributed by atoms with van der Waals surface area (Å²) in [7, 11) is 1.64. The average molecular weight is 315 g/mol. The van der Waals surface area contributed by atoms with Crippen molar-refractivity contribution in [1.82, 2.24) is 10.2 Å². The summed E-state index contributed by atoms with van der Waals surface area (Å²) in [5, 5.41) is 3.19. The summed E-state index contributed by atoms with van der Waals surface area (Å²) in [6, 6.07) is 9.97. The zero-order valence-electron chi connectivity index (χ0n) is 12.3. The van der Waals surface area contributed by atoms with Gasteiger partial charge in [0.15, 0.2) is 0 Å². The van der Waals surface area contributed by atoms with E-state index >= 15 is 0 Å². The summed E-state index contributed by atoms with van der Waals surface area (Å²) in [5.41, 5.74) is 1.11. The average Bonchev–Trinajstić information content (AvgIpc) is 2.52. The summed E-state index contributed by atoms with van der Waals surface area (Å²) < 4.78 is 10.6. The highest BCUT2D eigenvalue weighted by Gasteiger charge is 2.26. The van der Waals surface area contributed by atoms with E-state index in [1.54, 1.807) is 12.0 Å². The highest BCUT2D eigenvalue weighted by molar-refractivity contribution is 5.85. The molecule has 1 aliphatic rings. The number of halogens is 1. The Morgan fingerprint density at radius 2 is 2.19 bits per heavy atom. The first-order valence-electron chi connectivity index (χ1n) is 6.95. The molecule has 1 heterocycles. The molecule has 2 rings (SSSR count). The Morgan fingerprint density at radius 3 is 2.81 bits per heavy atom. The number of ether oxygens (including phenoxy) is 2. The van der Waals surface area contributed by atoms with Gasteiger partial charge in [-0.05, 0) is 5.56 Å². The molecular formula is C15H23ClN2O3. The maximum absolute atomic E-state index is 12.5. The Morgan fingerprint density at radius 1 is 1.43 bits per heavy atom. The molecule has 1 aromatic carbocycles. The molecule has 1 atom stereocenters. The molecule has 1 fully saturated rings. The van der Waals surface area contributed by atoms with E-state index in [2.05, 4.69) is 5.32 Å². The van der Waals surface area contributed by atoms with Gasteiger partial charge in [-0.2, -0.15) is 0 Å². The van der Waals surface area contributed by atoms with Crippen LogP contribution in [0.4, 0.5) is 0 Å². The van der Waals surface area contributed by atoms with Gasteiger partial charge in [-0.15, -0.1) is 12.4 Å². The van der Waals surface area contributed by atoms with E-state index in [-0.39, 0.29) is 24.4 Å². The molecule has 0 bridgehead atoms. The Bertz CT molecular complexity index is 411. The van der Waals surface area contributed by atoms with Gasteiger partial charge in [-0.3, -0.25) is 4.79 Å². The second-order valence-corrected chi connectivity index (χ2v) is 4.80. The molecule has 1 aromatic rings. The minimum absolute atomic E-state index is 0. The summed E-state index contributed by atoms with van der Waals surface area (Å²) in [4.78, 5) is 14.3. The molecule has 0 saturated carbocycles. The van der Waals surface area contributed by atoms with Gasteiger partial charge in [0.1, 0.15) is 6.10 Å². The molecule has 1 saturated heterocycles. The number of benzene rings is 1. The third-order valence-corrected chi connectivity index (χ3v) is 3.30. The lowest BCUT2D eigenvalue weighted by Crippen LogP contribution is -2.49. The van der Waals surface area contributed by atoms with Gasteiger partial charge in [-0.25, -0.2) is 0 Å². The number of nitrogens with one attached hydrogen (secondary N) is 1. The number of hydrogen-bond donors (Lipinski definition) is 1. The fourth-order valence-corrected chi connectivity index (χ4v) is 2.20. The van der Waals surface area contributed by atoms with Gasteiger partial charge in [0.25, 0.3) is 5.91 Å². The van der Waals surface area contributed by atoms with Crippen LogP contribution in [0.1, 0.15) is 5.56 Å². The van der Waals surface area contributed by atoms with Crippen molar-refractivity contribution < 1.29 is 14.3 Å². The molecule has 21 heavy (non-hydrogen) atoms. The van der Waals surface area contributed by atoms with Crippen molar-refractivity contribution in [2.45, 2.75) is 12.6 Å². The minimum Gasteiger partial charge on any atom is -0.383 e. The number of methoxy groups -OCH3 is 1. The van der Waals surface area contributed by atoms with E-state index < -0.39 is 0 Å². The molecule has 5 nitrogen and oxygen atoms in total. The fourth-order valence-electron chi connectivity index (χ4n) is 2.20. The smallest absolute Gasteiger partial charge is 0.253 e. The third kappa shape index (κ3) is 5.63. The van der Waals surface area contributed by atoms with Crippen LogP contribution in [0.2, 0.25) is 0 Å². The van der Waals surface area contributed by atoms with Crippen molar-refractivity contribution in [3.05, 3.63) is 35.9 Å². The lowest BCUT2D eigenvalue weighted by atomic mass is 10.2. The summed E-state index contributed by atoms with van der Waals surface area (Å²) in [6.07, 6.45) is -0.385. The number of carbonyl (C=O) groups is 1. The van der Waals surface area contributed by atoms with Crippen LogP contribution in [-0.2, 0) is 20.8 Å². The Labute approximate surface area is 132 Å². The molecule has 0 aromatic heterocycles. The van der Waals surface area contributed by atoms with Crippen molar-refractivity contribution in [3.8, 4) is 0 Å². The standard InChI is InChI=1S/C15H22N2O3.ClH/c1-19-10-8-17(12-13-5-3-2-4-6-13)15(18)14-11-16-7-9-20-14;/h2-6,14,16H,7-12H2,1H3;1H. The SMILES string of the molecule is COCCN(Cc1ccccc1)C(=O)C1CNCCO1.Cl. The Balaban J connectivity index is 0.00000220. The number of amides is 1. The quantitative estimate of drug-likeness (QED) is 0.853. The molecule has 118 valence electrons. The van der Waals surface area contributed by atoms with Crippen molar-refractivity contribution in [2.75, 3.05) is 40.0 Å². The number of hydrogen-bond acceptors (Lipinski definition) is 4. The fraction of sp³-hybridized carbons (Fsp3) is 0.533. The van der Waals surface area contributed by atoms with Crippen molar-refractivity contribution in [1.29, 1.82) is 0 Å². The van der Waals surface area contributed by atoms with Crippen LogP contribution in [0.3, 0.4) is 0 Å². The highest BCUT2D eigenvalue weighted by Crippen LogP contribution is 2.09. The molecule has 0 spiro atoms. The van der Waals surface area contributed by atoms with Crippen LogP contribution >= 0.6 is 12.4 Å². The van der Waals surface area contributed by atoms with E-state index in [4.69, 9.17) is 9.47 Å². The van der Waals surface area contributed by atoms with E-state index in [9.17, 15) is 4.79 Å². The largest absolute Gasteiger partial charge is 0.383 e. The summed E-state index contributed by atoms with van der Waals surface area (Å²) in [6.45, 7) is 3.66. The van der Waals surface area contributed by atoms with Gasteiger partial charge < -0.3 is 19.7 Å². The van der Waals surface area contributed by atoms with Gasteiger partial charge in [-0.1, -0.05) is 30.3 Å². The highest BCUT2D eigenvalue weighted by atomic mass is 35.5. The molecule has 1 N–H and O–H groups in total. The molecule has 1 aliphatic heterocycles. The van der Waals surface area contributed by atoms with Crippen LogP contribution < -0.4 is 5.32 Å². The normalized spacial score (nSPS) is 17.9. The van der Waals surface area contributed by atoms with Gasteiger partial charge in [0, 0.05) is 33.3 Å². The van der Waals surface area contributed by atoms with Crippen LogP contribution in [-0.4, -0.2) is 56.9 Å². The van der Waals surface area contributed by atoms with Crippen molar-refractivity contribution in [3.63, 3.8) is 0 Å². The van der Waals surface area contributed by atoms with Gasteiger partial charge >= 0.3 is 0 Å². The molecule has 1 unspecified atom stereocenters. The lowest BCUT2D eigenvalue weighted by Gasteiger charge is -2.29. The van der Waals surface area contributed by atoms with Crippen LogP contribution in [0.25, 0.3) is 0 Å². The Kier molecular flexibility index (Phi) is 8.30. The topological polar surface area (TPSA) is 50.8 Å². The summed E-state index contributed by atoms with van der Waals surface area (Å²) >= 11 is 0. The van der Waals surface area contributed by atoms with Gasteiger partial charge in [0.05, 0.1) is 13.2 Å². The van der Waals surface area contributed by atoms with E-state index in [1.165, 1.54) is 0 Å². The molecule has 0 radical (unpaired) electrons. The third-order valence-electron chi connectivity index (χ3n) is 3.30. The van der Waals surface area contributed by atoms with E-state index in [1.807, 2.05) is 30.3 Å². The zero-order chi connectivity index (χ0) is 14.2. The van der Waals surface area contributed by atoms with E-state index in [0.29, 0.717) is 32.8 Å². The first-order chi connectivity index (χ1) is 9.81. The predicted molar refractivity (Wildman–Crippen MR) is 83.6 cm³/mol. The first kappa shape index (κ1) is 17.9. The summed E-state index contributed by atoms with van der Waals surface area (Å²) in [5.74, 6) is 0.0260. The second kappa shape index (κ2) is 9.73. The molecular weight excluding hydrogens is 292 g/mol. The number of carbonyl (C=O) groups excluding carboxylic acids is 1. The van der Waals surface area contributed by atoms with Gasteiger partial charge in [0.2, 0.25) is 0 Å². The monoisotopic (exact) mass is 314 g/mol. The second-order valence-electron chi connectivity index (χ2n) is 4.80. The van der Waals surface area contributed by atoms with Crippen LogP contribution in [0.15, 0.2) is 30.3 Å². The minimum atomic E-state index is -0.385. The zero-order valence-corrected chi connectivity index (χ0v) is 13.1. The maximum atomic E-state index is 12.5. The maximum Gasteiger partial charge on any atom is 0.253 e. The molecule has 6 heteroatoms. The number of morpholine rings is 1.